The Kier molecular flexibility index (Phi) is 10.3. The summed E-state index contributed by atoms with van der Waals surface area (Å²) in [5, 5.41) is 3.24. The van der Waals surface area contributed by atoms with Crippen molar-refractivity contribution in [2.24, 2.45) is 16.6 Å². The molecule has 2 saturated heterocycles. The summed E-state index contributed by atoms with van der Waals surface area (Å²) >= 11 is 0. The van der Waals surface area contributed by atoms with Crippen LogP contribution in [0.1, 0.15) is 47.0 Å². The summed E-state index contributed by atoms with van der Waals surface area (Å²) < 4.78 is 10.4. The molecule has 2 amide bonds. The molecule has 9 nitrogen and oxygen atoms in total. The Balaban J connectivity index is 0.00000420. The van der Waals surface area contributed by atoms with Crippen LogP contribution in [0.5, 0.6) is 0 Å². The summed E-state index contributed by atoms with van der Waals surface area (Å²) in [4.78, 5) is 31.8. The van der Waals surface area contributed by atoms with Gasteiger partial charge < -0.3 is 30.3 Å². The molecule has 2 fully saturated rings. The van der Waals surface area contributed by atoms with Gasteiger partial charge in [0.05, 0.1) is 6.61 Å². The van der Waals surface area contributed by atoms with Crippen molar-refractivity contribution >= 4 is 42.1 Å². The highest BCUT2D eigenvalue weighted by atomic mass is 127. The summed E-state index contributed by atoms with van der Waals surface area (Å²) in [6.07, 6.45) is 2.00. The maximum absolute atomic E-state index is 12.1. The molecule has 0 bridgehead atoms. The van der Waals surface area contributed by atoms with Crippen molar-refractivity contribution in [3.63, 3.8) is 0 Å². The molecule has 3 N–H and O–H groups in total. The molecular formula is C19H36IN5O4. The van der Waals surface area contributed by atoms with Gasteiger partial charge in [0.25, 0.3) is 0 Å². The molecule has 10 heteroatoms. The molecule has 0 aromatic heterocycles. The third-order valence-electron chi connectivity index (χ3n) is 4.83. The highest BCUT2D eigenvalue weighted by molar-refractivity contribution is 14.0. The van der Waals surface area contributed by atoms with Gasteiger partial charge in [-0.3, -0.25) is 4.99 Å². The van der Waals surface area contributed by atoms with Crippen molar-refractivity contribution in [2.45, 2.75) is 58.6 Å². The van der Waals surface area contributed by atoms with Crippen molar-refractivity contribution in [3.05, 3.63) is 0 Å². The molecule has 1 unspecified atom stereocenters. The number of piperidine rings is 1. The van der Waals surface area contributed by atoms with Gasteiger partial charge in [-0.15, -0.1) is 24.0 Å². The molecule has 168 valence electrons. The molecule has 0 spiro atoms. The van der Waals surface area contributed by atoms with E-state index in [4.69, 9.17) is 15.2 Å². The van der Waals surface area contributed by atoms with Crippen molar-refractivity contribution < 1.29 is 19.1 Å². The first-order valence-electron chi connectivity index (χ1n) is 10.1. The predicted molar refractivity (Wildman–Crippen MR) is 123 cm³/mol. The zero-order valence-corrected chi connectivity index (χ0v) is 20.3. The van der Waals surface area contributed by atoms with Crippen LogP contribution in [0, 0.1) is 5.92 Å². The first kappa shape index (κ1) is 25.6. The molecule has 2 rings (SSSR count). The molecule has 0 aromatic rings. The number of hydrogen-bond acceptors (Lipinski definition) is 5. The number of halogens is 1. The second-order valence-corrected chi connectivity index (χ2v) is 8.41. The molecule has 2 aliphatic rings. The maximum atomic E-state index is 12.1. The van der Waals surface area contributed by atoms with Crippen molar-refractivity contribution in [1.29, 1.82) is 0 Å². The van der Waals surface area contributed by atoms with Gasteiger partial charge in [0, 0.05) is 38.8 Å². The average Bonchev–Trinajstić information content (AvgIpc) is 3.09. The van der Waals surface area contributed by atoms with Crippen LogP contribution in [-0.4, -0.2) is 78.9 Å². The monoisotopic (exact) mass is 525 g/mol. The number of nitrogens with two attached hydrogens (primary N) is 1. The maximum Gasteiger partial charge on any atom is 0.410 e. The molecule has 0 saturated carbocycles. The molecule has 0 aromatic carbocycles. The topological polar surface area (TPSA) is 109 Å². The summed E-state index contributed by atoms with van der Waals surface area (Å²) in [6.45, 7) is 11.0. The second-order valence-electron chi connectivity index (χ2n) is 8.41. The number of carbonyl (C=O) groups is 2. The fourth-order valence-corrected chi connectivity index (χ4v) is 3.38. The molecule has 2 heterocycles. The number of aliphatic imine (C=N–C) groups is 1. The Hall–Kier alpha value is -1.46. The van der Waals surface area contributed by atoms with Gasteiger partial charge in [0.1, 0.15) is 5.60 Å². The Morgan fingerprint density at radius 3 is 2.31 bits per heavy atom. The van der Waals surface area contributed by atoms with Gasteiger partial charge in [-0.2, -0.15) is 0 Å². The second kappa shape index (κ2) is 11.7. The highest BCUT2D eigenvalue weighted by Crippen LogP contribution is 2.19. The Labute approximate surface area is 190 Å². The number of nitrogens with zero attached hydrogens (tertiary/aromatic N) is 3. The molecule has 1 atom stereocenters. The number of carbonyl (C=O) groups excluding carboxylic acids is 2. The van der Waals surface area contributed by atoms with E-state index in [2.05, 4.69) is 10.3 Å². The predicted octanol–water partition coefficient (Wildman–Crippen LogP) is 2.39. The van der Waals surface area contributed by atoms with E-state index in [0.717, 1.165) is 19.3 Å². The van der Waals surface area contributed by atoms with Crippen LogP contribution >= 0.6 is 24.0 Å². The van der Waals surface area contributed by atoms with Crippen LogP contribution in [-0.2, 0) is 9.47 Å². The molecule has 2 aliphatic heterocycles. The standard InChI is InChI=1S/C19H35N5O4.HI/c1-5-27-17(25)23-10-7-15(8-11-23)22-16(20)21-12-14-6-9-24(13-14)18(26)28-19(2,3)4;/h14-15H,5-13H2,1-4H3,(H3,20,21,22);1H. The highest BCUT2D eigenvalue weighted by Gasteiger charge is 2.29. The Morgan fingerprint density at radius 1 is 1.10 bits per heavy atom. The third kappa shape index (κ3) is 8.83. The van der Waals surface area contributed by atoms with Gasteiger partial charge in [0.15, 0.2) is 5.96 Å². The number of ether oxygens (including phenoxy) is 2. The van der Waals surface area contributed by atoms with Crippen molar-refractivity contribution in [2.75, 3.05) is 39.3 Å². The molecule has 29 heavy (non-hydrogen) atoms. The van der Waals surface area contributed by atoms with Crippen LogP contribution in [0.2, 0.25) is 0 Å². The zero-order valence-electron chi connectivity index (χ0n) is 18.0. The summed E-state index contributed by atoms with van der Waals surface area (Å²) in [5.74, 6) is 0.712. The van der Waals surface area contributed by atoms with Crippen LogP contribution in [0.25, 0.3) is 0 Å². The summed E-state index contributed by atoms with van der Waals surface area (Å²) in [5.41, 5.74) is 5.55. The lowest BCUT2D eigenvalue weighted by atomic mass is 10.1. The fourth-order valence-electron chi connectivity index (χ4n) is 3.38. The van der Waals surface area contributed by atoms with E-state index in [0.29, 0.717) is 51.2 Å². The minimum absolute atomic E-state index is 0. The van der Waals surface area contributed by atoms with E-state index in [1.807, 2.05) is 20.8 Å². The van der Waals surface area contributed by atoms with Gasteiger partial charge in [-0.05, 0) is 52.9 Å². The zero-order chi connectivity index (χ0) is 20.7. The first-order chi connectivity index (χ1) is 13.2. The van der Waals surface area contributed by atoms with Gasteiger partial charge in [0.2, 0.25) is 0 Å². The van der Waals surface area contributed by atoms with Crippen molar-refractivity contribution in [1.82, 2.24) is 15.1 Å². The molecule has 0 radical (unpaired) electrons. The molecule has 0 aliphatic carbocycles. The van der Waals surface area contributed by atoms with Crippen LogP contribution in [0.4, 0.5) is 9.59 Å². The summed E-state index contributed by atoms with van der Waals surface area (Å²) in [6, 6.07) is 0.205. The van der Waals surface area contributed by atoms with E-state index in [1.54, 1.807) is 16.7 Å². The number of hydrogen-bond donors (Lipinski definition) is 2. The van der Waals surface area contributed by atoms with Gasteiger partial charge in [-0.1, -0.05) is 0 Å². The quantitative estimate of drug-likeness (QED) is 0.332. The minimum Gasteiger partial charge on any atom is -0.450 e. The van der Waals surface area contributed by atoms with E-state index in [-0.39, 0.29) is 42.2 Å². The minimum atomic E-state index is -0.482. The first-order valence-corrected chi connectivity index (χ1v) is 10.1. The van der Waals surface area contributed by atoms with E-state index >= 15 is 0 Å². The molecular weight excluding hydrogens is 489 g/mol. The van der Waals surface area contributed by atoms with Crippen molar-refractivity contribution in [3.8, 4) is 0 Å². The largest absolute Gasteiger partial charge is 0.450 e. The third-order valence-corrected chi connectivity index (χ3v) is 4.83. The Morgan fingerprint density at radius 2 is 1.72 bits per heavy atom. The SMILES string of the molecule is CCOC(=O)N1CCC(NC(N)=NCC2CCN(C(=O)OC(C)(C)C)C2)CC1.I. The smallest absolute Gasteiger partial charge is 0.410 e. The van der Waals surface area contributed by atoms with E-state index in [9.17, 15) is 9.59 Å². The van der Waals surface area contributed by atoms with Crippen LogP contribution in [0.3, 0.4) is 0 Å². The van der Waals surface area contributed by atoms with Crippen LogP contribution < -0.4 is 11.1 Å². The Bertz CT molecular complexity index is 573. The van der Waals surface area contributed by atoms with E-state index in [1.165, 1.54) is 0 Å². The lowest BCUT2D eigenvalue weighted by Gasteiger charge is -2.31. The lowest BCUT2D eigenvalue weighted by molar-refractivity contribution is 0.0289. The average molecular weight is 525 g/mol. The van der Waals surface area contributed by atoms with Gasteiger partial charge in [-0.25, -0.2) is 9.59 Å². The van der Waals surface area contributed by atoms with E-state index < -0.39 is 5.60 Å². The van der Waals surface area contributed by atoms with Crippen LogP contribution in [0.15, 0.2) is 4.99 Å². The fraction of sp³-hybridized carbons (Fsp3) is 0.842. The number of rotatable bonds is 4. The lowest BCUT2D eigenvalue weighted by Crippen LogP contribution is -2.48. The normalized spacial score (nSPS) is 20.8. The number of nitrogens with one attached hydrogen (secondary N) is 1. The number of likely N-dealkylation sites (tertiary alicyclic amines) is 2. The number of guanidine groups is 1. The van der Waals surface area contributed by atoms with Gasteiger partial charge >= 0.3 is 12.2 Å². The number of amides is 2. The summed E-state index contributed by atoms with van der Waals surface area (Å²) in [7, 11) is 0.